The first-order chi connectivity index (χ1) is 13.2. The Morgan fingerprint density at radius 3 is 2.22 bits per heavy atom. The summed E-state index contributed by atoms with van der Waals surface area (Å²) in [6, 6.07) is 18.6. The minimum absolute atomic E-state index is 0.140. The third kappa shape index (κ3) is 5.63. The SMILES string of the molecule is CC[NH+]1CC[NH+](C[C@H](O)CO[C@H](c2ccccc2)c2ccccc2C)CC1. The fourth-order valence-corrected chi connectivity index (χ4v) is 3.99. The van der Waals surface area contributed by atoms with Gasteiger partial charge in [0.2, 0.25) is 0 Å². The lowest BCUT2D eigenvalue weighted by atomic mass is 9.97. The van der Waals surface area contributed by atoms with Crippen LogP contribution in [-0.4, -0.2) is 57.1 Å². The van der Waals surface area contributed by atoms with E-state index >= 15 is 0 Å². The molecule has 2 atom stereocenters. The monoisotopic (exact) mass is 370 g/mol. The number of ether oxygens (including phenoxy) is 1. The van der Waals surface area contributed by atoms with Gasteiger partial charge in [0, 0.05) is 0 Å². The van der Waals surface area contributed by atoms with E-state index in [1.165, 1.54) is 35.7 Å². The molecule has 0 radical (unpaired) electrons. The van der Waals surface area contributed by atoms with Crippen LogP contribution in [0.3, 0.4) is 0 Å². The van der Waals surface area contributed by atoms with Crippen molar-refractivity contribution in [2.45, 2.75) is 26.1 Å². The lowest BCUT2D eigenvalue weighted by molar-refractivity contribution is -1.01. The molecule has 1 aliphatic heterocycles. The summed E-state index contributed by atoms with van der Waals surface area (Å²) in [7, 11) is 0. The summed E-state index contributed by atoms with van der Waals surface area (Å²) in [6.07, 6.45) is -0.572. The van der Waals surface area contributed by atoms with E-state index in [0.717, 1.165) is 25.2 Å². The van der Waals surface area contributed by atoms with Gasteiger partial charge in [-0.05, 0) is 30.5 Å². The topological polar surface area (TPSA) is 38.3 Å². The van der Waals surface area contributed by atoms with Crippen LogP contribution in [-0.2, 0) is 4.74 Å². The molecule has 4 nitrogen and oxygen atoms in total. The summed E-state index contributed by atoms with van der Waals surface area (Å²) in [6.45, 7) is 11.4. The molecule has 3 N–H and O–H groups in total. The number of aryl methyl sites for hydroxylation is 1. The summed E-state index contributed by atoms with van der Waals surface area (Å²) in [5, 5.41) is 10.6. The fraction of sp³-hybridized carbons (Fsp3) is 0.478. The average molecular weight is 371 g/mol. The highest BCUT2D eigenvalue weighted by Gasteiger charge is 2.25. The van der Waals surface area contributed by atoms with Gasteiger partial charge in [0.1, 0.15) is 44.9 Å². The van der Waals surface area contributed by atoms with Gasteiger partial charge in [-0.15, -0.1) is 0 Å². The number of hydrogen-bond donors (Lipinski definition) is 3. The molecule has 1 fully saturated rings. The van der Waals surface area contributed by atoms with Crippen molar-refractivity contribution in [3.8, 4) is 0 Å². The van der Waals surface area contributed by atoms with Crippen molar-refractivity contribution in [1.29, 1.82) is 0 Å². The standard InChI is InChI=1S/C23H32N2O2/c1-3-24-13-15-25(16-14-24)17-21(26)18-27-23(20-10-5-4-6-11-20)22-12-8-7-9-19(22)2/h4-12,21,23,26H,3,13-18H2,1-2H3/p+2/t21-,23+/m0/s1. The maximum absolute atomic E-state index is 10.6. The van der Waals surface area contributed by atoms with Crippen LogP contribution >= 0.6 is 0 Å². The van der Waals surface area contributed by atoms with E-state index in [1.54, 1.807) is 4.90 Å². The summed E-state index contributed by atoms with van der Waals surface area (Å²) in [5.74, 6) is 0. The Hall–Kier alpha value is -1.72. The Morgan fingerprint density at radius 1 is 0.926 bits per heavy atom. The van der Waals surface area contributed by atoms with Crippen LogP contribution in [0.15, 0.2) is 54.6 Å². The first kappa shape index (κ1) is 20.0. The van der Waals surface area contributed by atoms with Gasteiger partial charge in [0.05, 0.1) is 13.2 Å². The zero-order valence-corrected chi connectivity index (χ0v) is 16.7. The molecule has 146 valence electrons. The molecule has 27 heavy (non-hydrogen) atoms. The van der Waals surface area contributed by atoms with E-state index in [9.17, 15) is 5.11 Å². The molecule has 0 aromatic heterocycles. The molecule has 4 heteroatoms. The van der Waals surface area contributed by atoms with Crippen LogP contribution in [0.25, 0.3) is 0 Å². The van der Waals surface area contributed by atoms with Crippen molar-refractivity contribution < 1.29 is 19.6 Å². The molecule has 1 heterocycles. The zero-order valence-electron chi connectivity index (χ0n) is 16.7. The number of nitrogens with one attached hydrogen (secondary N) is 2. The molecule has 0 aliphatic carbocycles. The second-order valence-corrected chi connectivity index (χ2v) is 7.69. The van der Waals surface area contributed by atoms with Crippen molar-refractivity contribution in [3.63, 3.8) is 0 Å². The van der Waals surface area contributed by atoms with E-state index < -0.39 is 6.10 Å². The minimum atomic E-state index is -0.432. The van der Waals surface area contributed by atoms with Gasteiger partial charge in [-0.25, -0.2) is 0 Å². The second kappa shape index (κ2) is 10.00. The quantitative estimate of drug-likeness (QED) is 0.624. The molecule has 0 spiro atoms. The van der Waals surface area contributed by atoms with Gasteiger partial charge in [-0.3, -0.25) is 0 Å². The average Bonchev–Trinajstić information content (AvgIpc) is 2.71. The number of likely N-dealkylation sites (N-methyl/N-ethyl adjacent to an activating group) is 1. The van der Waals surface area contributed by atoms with Gasteiger partial charge in [0.25, 0.3) is 0 Å². The number of benzene rings is 2. The Labute approximate surface area is 163 Å². The Balaban J connectivity index is 1.61. The smallest absolute Gasteiger partial charge is 0.127 e. The Bertz CT molecular complexity index is 684. The van der Waals surface area contributed by atoms with Gasteiger partial charge in [0.15, 0.2) is 0 Å². The van der Waals surface area contributed by atoms with Crippen molar-refractivity contribution in [2.75, 3.05) is 45.9 Å². The van der Waals surface area contributed by atoms with Gasteiger partial charge in [-0.2, -0.15) is 0 Å². The van der Waals surface area contributed by atoms with Crippen LogP contribution in [0.4, 0.5) is 0 Å². The first-order valence-corrected chi connectivity index (χ1v) is 10.2. The highest BCUT2D eigenvalue weighted by atomic mass is 16.5. The van der Waals surface area contributed by atoms with E-state index in [-0.39, 0.29) is 6.10 Å². The summed E-state index contributed by atoms with van der Waals surface area (Å²) >= 11 is 0. The van der Waals surface area contributed by atoms with E-state index in [0.29, 0.717) is 6.61 Å². The van der Waals surface area contributed by atoms with Gasteiger partial charge >= 0.3 is 0 Å². The van der Waals surface area contributed by atoms with Crippen LogP contribution in [0.5, 0.6) is 0 Å². The minimum Gasteiger partial charge on any atom is -0.385 e. The summed E-state index contributed by atoms with van der Waals surface area (Å²) in [4.78, 5) is 3.17. The van der Waals surface area contributed by atoms with Crippen LogP contribution in [0.2, 0.25) is 0 Å². The molecular formula is C23H34N2O2+2. The second-order valence-electron chi connectivity index (χ2n) is 7.69. The van der Waals surface area contributed by atoms with Gasteiger partial charge in [-0.1, -0.05) is 54.6 Å². The fourth-order valence-electron chi connectivity index (χ4n) is 3.99. The van der Waals surface area contributed by atoms with E-state index in [4.69, 9.17) is 4.74 Å². The zero-order chi connectivity index (χ0) is 19.1. The van der Waals surface area contributed by atoms with E-state index in [2.05, 4.69) is 50.2 Å². The molecule has 2 aromatic carbocycles. The lowest BCUT2D eigenvalue weighted by Crippen LogP contribution is -3.28. The number of piperazine rings is 1. The lowest BCUT2D eigenvalue weighted by Gasteiger charge is -2.30. The third-order valence-corrected chi connectivity index (χ3v) is 5.72. The highest BCUT2D eigenvalue weighted by Crippen LogP contribution is 2.28. The van der Waals surface area contributed by atoms with Crippen LogP contribution in [0, 0.1) is 6.92 Å². The first-order valence-electron chi connectivity index (χ1n) is 10.2. The number of quaternary nitrogens is 2. The predicted molar refractivity (Wildman–Crippen MR) is 108 cm³/mol. The highest BCUT2D eigenvalue weighted by molar-refractivity contribution is 5.35. The number of hydrogen-bond acceptors (Lipinski definition) is 2. The molecule has 2 aromatic rings. The van der Waals surface area contributed by atoms with Gasteiger partial charge < -0.3 is 19.6 Å². The molecule has 0 amide bonds. The Morgan fingerprint density at radius 2 is 1.56 bits per heavy atom. The molecule has 3 rings (SSSR count). The Kier molecular flexibility index (Phi) is 7.41. The predicted octanol–water partition coefficient (Wildman–Crippen LogP) is 0.265. The van der Waals surface area contributed by atoms with Crippen LogP contribution in [0.1, 0.15) is 29.7 Å². The maximum Gasteiger partial charge on any atom is 0.127 e. The molecule has 1 aliphatic rings. The van der Waals surface area contributed by atoms with Crippen molar-refractivity contribution in [1.82, 2.24) is 0 Å². The number of rotatable bonds is 8. The maximum atomic E-state index is 10.6. The summed E-state index contributed by atoms with van der Waals surface area (Å²) in [5.41, 5.74) is 3.51. The molecular weight excluding hydrogens is 336 g/mol. The summed E-state index contributed by atoms with van der Waals surface area (Å²) < 4.78 is 6.27. The van der Waals surface area contributed by atoms with Crippen LogP contribution < -0.4 is 9.80 Å². The molecule has 1 saturated heterocycles. The largest absolute Gasteiger partial charge is 0.385 e. The van der Waals surface area contributed by atoms with Crippen molar-refractivity contribution in [2.24, 2.45) is 0 Å². The third-order valence-electron chi connectivity index (χ3n) is 5.72. The van der Waals surface area contributed by atoms with Crippen molar-refractivity contribution >= 4 is 0 Å². The number of aliphatic hydroxyl groups excluding tert-OH is 1. The number of aliphatic hydroxyl groups is 1. The normalized spacial score (nSPS) is 22.3. The van der Waals surface area contributed by atoms with Crippen molar-refractivity contribution in [3.05, 3.63) is 71.3 Å². The van der Waals surface area contributed by atoms with E-state index in [1.807, 2.05) is 18.2 Å². The molecule has 0 bridgehead atoms. The molecule has 0 saturated carbocycles. The molecule has 0 unspecified atom stereocenters.